The molecule has 0 unspecified atom stereocenters. The van der Waals surface area contributed by atoms with Gasteiger partial charge in [0.15, 0.2) is 0 Å². The lowest BCUT2D eigenvalue weighted by molar-refractivity contribution is 0.0240. The molecule has 0 spiro atoms. The van der Waals surface area contributed by atoms with Crippen LogP contribution in [0.2, 0.25) is 0 Å². The van der Waals surface area contributed by atoms with E-state index in [1.807, 2.05) is 32.6 Å². The SMILES string of the molecule is CCOCCOCc1nn(-c2ccc(F)cc2)c(=O)cc1N1CCN(C(=O)OC(C)(C)C)CC1. The molecule has 1 aliphatic rings. The van der Waals surface area contributed by atoms with E-state index in [9.17, 15) is 14.0 Å². The minimum atomic E-state index is -0.561. The Morgan fingerprint density at radius 1 is 1.06 bits per heavy atom. The van der Waals surface area contributed by atoms with Gasteiger partial charge in [-0.25, -0.2) is 9.18 Å². The summed E-state index contributed by atoms with van der Waals surface area (Å²) >= 11 is 0. The average molecular weight is 477 g/mol. The summed E-state index contributed by atoms with van der Waals surface area (Å²) in [5.41, 5.74) is 0.793. The van der Waals surface area contributed by atoms with Crippen molar-refractivity contribution in [1.29, 1.82) is 0 Å². The number of rotatable bonds is 8. The molecule has 0 atom stereocenters. The van der Waals surface area contributed by atoms with Crippen LogP contribution in [0.5, 0.6) is 0 Å². The Kier molecular flexibility index (Phi) is 8.62. The van der Waals surface area contributed by atoms with Gasteiger partial charge in [0.1, 0.15) is 17.1 Å². The zero-order valence-corrected chi connectivity index (χ0v) is 20.3. The largest absolute Gasteiger partial charge is 0.444 e. The molecule has 0 radical (unpaired) electrons. The molecular weight excluding hydrogens is 443 g/mol. The molecule has 2 heterocycles. The normalized spacial score (nSPS) is 14.4. The maximum Gasteiger partial charge on any atom is 0.410 e. The molecule has 10 heteroatoms. The lowest BCUT2D eigenvalue weighted by Crippen LogP contribution is -2.50. The first kappa shape index (κ1) is 25.6. The Bertz CT molecular complexity index is 1010. The first-order valence-electron chi connectivity index (χ1n) is 11.5. The maximum absolute atomic E-state index is 13.4. The topological polar surface area (TPSA) is 86.1 Å². The highest BCUT2D eigenvalue weighted by molar-refractivity contribution is 5.68. The molecule has 1 aromatic carbocycles. The van der Waals surface area contributed by atoms with E-state index in [4.69, 9.17) is 14.2 Å². The number of anilines is 1. The van der Waals surface area contributed by atoms with Crippen LogP contribution in [0.1, 0.15) is 33.4 Å². The van der Waals surface area contributed by atoms with Gasteiger partial charge in [0.2, 0.25) is 0 Å². The van der Waals surface area contributed by atoms with Gasteiger partial charge in [-0.05, 0) is 52.0 Å². The van der Waals surface area contributed by atoms with Crippen LogP contribution >= 0.6 is 0 Å². The van der Waals surface area contributed by atoms with E-state index >= 15 is 0 Å². The molecule has 1 aliphatic heterocycles. The molecule has 0 saturated carbocycles. The minimum absolute atomic E-state index is 0.177. The van der Waals surface area contributed by atoms with Gasteiger partial charge >= 0.3 is 6.09 Å². The van der Waals surface area contributed by atoms with Crippen LogP contribution in [0.3, 0.4) is 0 Å². The number of hydrogen-bond donors (Lipinski definition) is 0. The highest BCUT2D eigenvalue weighted by Gasteiger charge is 2.27. The zero-order chi connectivity index (χ0) is 24.7. The molecule has 0 N–H and O–H groups in total. The summed E-state index contributed by atoms with van der Waals surface area (Å²) in [6.07, 6.45) is -0.350. The number of halogens is 1. The monoisotopic (exact) mass is 476 g/mol. The summed E-state index contributed by atoms with van der Waals surface area (Å²) in [7, 11) is 0. The van der Waals surface area contributed by atoms with Crippen molar-refractivity contribution >= 4 is 11.8 Å². The third-order valence-electron chi connectivity index (χ3n) is 5.14. The van der Waals surface area contributed by atoms with Crippen LogP contribution in [-0.2, 0) is 20.8 Å². The average Bonchev–Trinajstić information content (AvgIpc) is 2.79. The fourth-order valence-corrected chi connectivity index (χ4v) is 3.51. The summed E-state index contributed by atoms with van der Waals surface area (Å²) in [5.74, 6) is -0.393. The predicted molar refractivity (Wildman–Crippen MR) is 126 cm³/mol. The minimum Gasteiger partial charge on any atom is -0.444 e. The molecule has 34 heavy (non-hydrogen) atoms. The van der Waals surface area contributed by atoms with Crippen molar-refractivity contribution in [3.05, 3.63) is 52.2 Å². The first-order valence-corrected chi connectivity index (χ1v) is 11.5. The van der Waals surface area contributed by atoms with E-state index < -0.39 is 11.4 Å². The molecule has 0 bridgehead atoms. The van der Waals surface area contributed by atoms with Gasteiger partial charge in [0.05, 0.1) is 31.2 Å². The number of nitrogens with zero attached hydrogens (tertiary/aromatic N) is 4. The number of ether oxygens (including phenoxy) is 3. The quantitative estimate of drug-likeness (QED) is 0.542. The van der Waals surface area contributed by atoms with E-state index in [2.05, 4.69) is 5.10 Å². The van der Waals surface area contributed by atoms with Crippen molar-refractivity contribution in [3.63, 3.8) is 0 Å². The molecule has 1 fully saturated rings. The van der Waals surface area contributed by atoms with Crippen LogP contribution in [-0.4, -0.2) is 72.4 Å². The van der Waals surface area contributed by atoms with E-state index in [0.29, 0.717) is 63.1 Å². The Morgan fingerprint density at radius 3 is 2.32 bits per heavy atom. The van der Waals surface area contributed by atoms with Crippen molar-refractivity contribution in [2.75, 3.05) is 50.9 Å². The van der Waals surface area contributed by atoms with Gasteiger partial charge in [-0.3, -0.25) is 4.79 Å². The second kappa shape index (κ2) is 11.4. The molecule has 1 aromatic heterocycles. The highest BCUT2D eigenvalue weighted by Crippen LogP contribution is 2.21. The van der Waals surface area contributed by atoms with Crippen LogP contribution in [0.15, 0.2) is 35.1 Å². The number of hydrogen-bond acceptors (Lipinski definition) is 7. The molecule has 3 rings (SSSR count). The van der Waals surface area contributed by atoms with Gasteiger partial charge in [-0.1, -0.05) is 0 Å². The number of benzene rings is 1. The third kappa shape index (κ3) is 7.01. The van der Waals surface area contributed by atoms with Crippen LogP contribution < -0.4 is 10.5 Å². The summed E-state index contributed by atoms with van der Waals surface area (Å²) in [6, 6.07) is 7.09. The fourth-order valence-electron chi connectivity index (χ4n) is 3.51. The highest BCUT2D eigenvalue weighted by atomic mass is 19.1. The zero-order valence-electron chi connectivity index (χ0n) is 20.3. The second-order valence-corrected chi connectivity index (χ2v) is 8.91. The Balaban J connectivity index is 1.80. The van der Waals surface area contributed by atoms with Gasteiger partial charge in [-0.15, -0.1) is 0 Å². The third-order valence-corrected chi connectivity index (χ3v) is 5.14. The van der Waals surface area contributed by atoms with Gasteiger partial charge < -0.3 is 24.0 Å². The smallest absolute Gasteiger partial charge is 0.410 e. The number of piperazine rings is 1. The van der Waals surface area contributed by atoms with E-state index in [1.165, 1.54) is 35.0 Å². The molecule has 2 aromatic rings. The summed E-state index contributed by atoms with van der Waals surface area (Å²) in [5, 5.41) is 4.54. The Labute approximate surface area is 199 Å². The maximum atomic E-state index is 13.4. The van der Waals surface area contributed by atoms with Crippen molar-refractivity contribution in [2.45, 2.75) is 39.9 Å². The van der Waals surface area contributed by atoms with Crippen molar-refractivity contribution in [2.24, 2.45) is 0 Å². The van der Waals surface area contributed by atoms with Crippen LogP contribution in [0, 0.1) is 5.82 Å². The predicted octanol–water partition coefficient (Wildman–Crippen LogP) is 2.98. The van der Waals surface area contributed by atoms with E-state index in [0.717, 1.165) is 0 Å². The number of carbonyl (C=O) groups is 1. The number of carbonyl (C=O) groups excluding carboxylic acids is 1. The van der Waals surface area contributed by atoms with Gasteiger partial charge in [0.25, 0.3) is 5.56 Å². The molecular formula is C24H33FN4O5. The van der Waals surface area contributed by atoms with Gasteiger partial charge in [-0.2, -0.15) is 9.78 Å². The van der Waals surface area contributed by atoms with E-state index in [-0.39, 0.29) is 18.3 Å². The van der Waals surface area contributed by atoms with Crippen molar-refractivity contribution in [1.82, 2.24) is 14.7 Å². The van der Waals surface area contributed by atoms with Gasteiger partial charge in [0, 0.05) is 38.9 Å². The van der Waals surface area contributed by atoms with Crippen molar-refractivity contribution in [3.8, 4) is 5.69 Å². The Morgan fingerprint density at radius 2 is 1.71 bits per heavy atom. The summed E-state index contributed by atoms with van der Waals surface area (Å²) in [4.78, 5) is 29.0. The van der Waals surface area contributed by atoms with Crippen LogP contribution in [0.4, 0.5) is 14.9 Å². The molecule has 9 nitrogen and oxygen atoms in total. The standard InChI is InChI=1S/C24H33FN4O5/c1-5-32-14-15-33-17-20-21(16-22(30)29(26-20)19-8-6-18(25)7-9-19)27-10-12-28(13-11-27)23(31)34-24(2,3)4/h6-9,16H,5,10-15,17H2,1-4H3. The molecule has 1 amide bonds. The fraction of sp³-hybridized carbons (Fsp3) is 0.542. The molecule has 1 saturated heterocycles. The molecule has 0 aliphatic carbocycles. The molecule has 186 valence electrons. The Hall–Kier alpha value is -2.98. The lowest BCUT2D eigenvalue weighted by Gasteiger charge is -2.37. The van der Waals surface area contributed by atoms with Crippen molar-refractivity contribution < 1.29 is 23.4 Å². The van der Waals surface area contributed by atoms with E-state index in [1.54, 1.807) is 4.90 Å². The number of aromatic nitrogens is 2. The summed E-state index contributed by atoms with van der Waals surface area (Å²) < 4.78 is 31.1. The lowest BCUT2D eigenvalue weighted by atomic mass is 10.2. The first-order chi connectivity index (χ1) is 16.2. The second-order valence-electron chi connectivity index (χ2n) is 8.91. The van der Waals surface area contributed by atoms with Crippen LogP contribution in [0.25, 0.3) is 5.69 Å². The number of amides is 1. The summed E-state index contributed by atoms with van der Waals surface area (Å²) in [6.45, 7) is 11.0.